The van der Waals surface area contributed by atoms with E-state index in [1.165, 1.54) is 31.0 Å². The van der Waals surface area contributed by atoms with E-state index in [9.17, 15) is 9.59 Å². The van der Waals surface area contributed by atoms with Gasteiger partial charge in [-0.25, -0.2) is 4.79 Å². The second-order valence-corrected chi connectivity index (χ2v) is 9.84. The molecule has 0 saturated carbocycles. The van der Waals surface area contributed by atoms with Crippen LogP contribution in [0.5, 0.6) is 5.75 Å². The fourth-order valence-electron chi connectivity index (χ4n) is 4.56. The monoisotopic (exact) mass is 468 g/mol. The molecule has 1 saturated heterocycles. The molecule has 1 amide bonds. The van der Waals surface area contributed by atoms with Crippen molar-refractivity contribution in [1.29, 1.82) is 0 Å². The van der Waals surface area contributed by atoms with Crippen molar-refractivity contribution in [1.82, 2.24) is 4.90 Å². The van der Waals surface area contributed by atoms with Gasteiger partial charge in [0.25, 0.3) is 5.91 Å². The Labute approximate surface area is 200 Å². The van der Waals surface area contributed by atoms with Crippen molar-refractivity contribution in [2.75, 3.05) is 44.8 Å². The minimum atomic E-state index is -1.36. The summed E-state index contributed by atoms with van der Waals surface area (Å²) in [7, 11) is 1.62. The third kappa shape index (κ3) is 5.04. The average Bonchev–Trinajstić information content (AvgIpc) is 2.85. The Bertz CT molecular complexity index is 975. The lowest BCUT2D eigenvalue weighted by atomic mass is 9.95. The number of rotatable bonds is 8. The first kappa shape index (κ1) is 23.6. The number of para-hydroxylation sites is 1. The number of anilines is 1. The van der Waals surface area contributed by atoms with E-state index in [2.05, 4.69) is 4.90 Å². The van der Waals surface area contributed by atoms with Gasteiger partial charge < -0.3 is 19.3 Å². The molecule has 0 bridgehead atoms. The summed E-state index contributed by atoms with van der Waals surface area (Å²) in [5.74, 6) is 0.0610. The van der Waals surface area contributed by atoms with E-state index in [1.54, 1.807) is 18.9 Å². The summed E-state index contributed by atoms with van der Waals surface area (Å²) in [5, 5.41) is 0. The molecule has 0 radical (unpaired) electrons. The highest BCUT2D eigenvalue weighted by Gasteiger charge is 2.54. The molecule has 2 aliphatic heterocycles. The predicted molar refractivity (Wildman–Crippen MR) is 131 cm³/mol. The largest absolute Gasteiger partial charge is 0.497 e. The number of thioether (sulfide) groups is 1. The van der Waals surface area contributed by atoms with E-state index in [4.69, 9.17) is 9.47 Å². The number of hydrogen-bond acceptors (Lipinski definition) is 6. The first-order chi connectivity index (χ1) is 16.1. The molecule has 1 fully saturated rings. The normalized spacial score (nSPS) is 20.9. The molecule has 0 aromatic heterocycles. The summed E-state index contributed by atoms with van der Waals surface area (Å²) >= 11 is 1.32. The number of ether oxygens (including phenoxy) is 2. The first-order valence-corrected chi connectivity index (χ1v) is 12.5. The van der Waals surface area contributed by atoms with E-state index < -0.39 is 10.7 Å². The highest BCUT2D eigenvalue weighted by Crippen LogP contribution is 2.47. The Kier molecular flexibility index (Phi) is 7.60. The van der Waals surface area contributed by atoms with Crippen LogP contribution in [0.3, 0.4) is 0 Å². The smallest absolute Gasteiger partial charge is 0.332 e. The van der Waals surface area contributed by atoms with Crippen LogP contribution in [0, 0.1) is 0 Å². The number of amides is 1. The van der Waals surface area contributed by atoms with Crippen LogP contribution in [0.25, 0.3) is 0 Å². The summed E-state index contributed by atoms with van der Waals surface area (Å²) in [6.45, 7) is 5.48. The molecule has 33 heavy (non-hydrogen) atoms. The van der Waals surface area contributed by atoms with Crippen molar-refractivity contribution in [3.05, 3.63) is 54.1 Å². The topological polar surface area (TPSA) is 59.1 Å². The van der Waals surface area contributed by atoms with Gasteiger partial charge in [-0.2, -0.15) is 0 Å². The Morgan fingerprint density at radius 1 is 1.03 bits per heavy atom. The van der Waals surface area contributed by atoms with E-state index in [-0.39, 0.29) is 18.9 Å². The van der Waals surface area contributed by atoms with Crippen LogP contribution >= 0.6 is 11.8 Å². The van der Waals surface area contributed by atoms with Crippen LogP contribution in [0.2, 0.25) is 0 Å². The number of benzene rings is 2. The second kappa shape index (κ2) is 10.6. The molecule has 176 valence electrons. The van der Waals surface area contributed by atoms with Crippen LogP contribution in [-0.2, 0) is 20.7 Å². The molecule has 2 heterocycles. The molecule has 6 nitrogen and oxygen atoms in total. The maximum atomic E-state index is 14.1. The standard InChI is InChI=1S/C26H32N2O4S/c1-3-32-25(30)26(19-20-11-13-21(31-2)14-12-20)24(29)28(18-17-27-15-7-4-8-16-27)22-9-5-6-10-23(22)33-26/h5-6,9-14H,3-4,7-8,15-19H2,1-2H3. The number of piperidine rings is 1. The SMILES string of the molecule is CCOC(=O)C1(Cc2ccc(OC)cc2)Sc2ccccc2N(CCN2CCCCC2)C1=O. The quantitative estimate of drug-likeness (QED) is 0.428. The van der Waals surface area contributed by atoms with Gasteiger partial charge in [-0.3, -0.25) is 4.79 Å². The predicted octanol–water partition coefficient (Wildman–Crippen LogP) is 4.16. The Morgan fingerprint density at radius 3 is 2.45 bits per heavy atom. The summed E-state index contributed by atoms with van der Waals surface area (Å²) in [6, 6.07) is 15.4. The van der Waals surface area contributed by atoms with Gasteiger partial charge in [0.2, 0.25) is 4.75 Å². The van der Waals surface area contributed by atoms with Gasteiger partial charge in [-0.05, 0) is 62.7 Å². The lowest BCUT2D eigenvalue weighted by Gasteiger charge is -2.41. The third-order valence-electron chi connectivity index (χ3n) is 6.34. The summed E-state index contributed by atoms with van der Waals surface area (Å²) in [6.07, 6.45) is 3.93. The van der Waals surface area contributed by atoms with E-state index in [0.717, 1.165) is 41.5 Å². The summed E-state index contributed by atoms with van der Waals surface area (Å²) < 4.78 is 9.40. The molecular formula is C26H32N2O4S. The van der Waals surface area contributed by atoms with Crippen LogP contribution < -0.4 is 9.64 Å². The number of carbonyl (C=O) groups excluding carboxylic acids is 2. The first-order valence-electron chi connectivity index (χ1n) is 11.7. The molecule has 0 N–H and O–H groups in total. The van der Waals surface area contributed by atoms with Crippen molar-refractivity contribution in [3.8, 4) is 5.75 Å². The van der Waals surface area contributed by atoms with Crippen molar-refractivity contribution < 1.29 is 19.1 Å². The van der Waals surface area contributed by atoms with Gasteiger partial charge in [-0.1, -0.05) is 42.4 Å². The number of nitrogens with zero attached hydrogens (tertiary/aromatic N) is 2. The molecule has 1 atom stereocenters. The van der Waals surface area contributed by atoms with Gasteiger partial charge in [0.1, 0.15) is 5.75 Å². The van der Waals surface area contributed by atoms with Gasteiger partial charge in [0.15, 0.2) is 0 Å². The van der Waals surface area contributed by atoms with Gasteiger partial charge in [-0.15, -0.1) is 0 Å². The minimum absolute atomic E-state index is 0.197. The highest BCUT2D eigenvalue weighted by atomic mass is 32.2. The Hall–Kier alpha value is -2.51. The zero-order valence-electron chi connectivity index (χ0n) is 19.4. The zero-order valence-corrected chi connectivity index (χ0v) is 20.2. The van der Waals surface area contributed by atoms with Gasteiger partial charge in [0, 0.05) is 24.4 Å². The van der Waals surface area contributed by atoms with Gasteiger partial charge in [0.05, 0.1) is 19.4 Å². The Balaban J connectivity index is 1.68. The van der Waals surface area contributed by atoms with Crippen LogP contribution in [0.1, 0.15) is 31.7 Å². The zero-order chi connectivity index (χ0) is 23.3. The number of carbonyl (C=O) groups is 2. The molecule has 2 aliphatic rings. The molecule has 2 aromatic rings. The molecule has 7 heteroatoms. The van der Waals surface area contributed by atoms with Crippen LogP contribution in [-0.4, -0.2) is 61.4 Å². The van der Waals surface area contributed by atoms with E-state index >= 15 is 0 Å². The van der Waals surface area contributed by atoms with Crippen LogP contribution in [0.15, 0.2) is 53.4 Å². The maximum Gasteiger partial charge on any atom is 0.332 e. The number of likely N-dealkylation sites (tertiary alicyclic amines) is 1. The maximum absolute atomic E-state index is 14.1. The molecule has 4 rings (SSSR count). The molecule has 0 spiro atoms. The van der Waals surface area contributed by atoms with Crippen molar-refractivity contribution in [2.24, 2.45) is 0 Å². The molecule has 2 aromatic carbocycles. The number of methoxy groups -OCH3 is 1. The van der Waals surface area contributed by atoms with Crippen molar-refractivity contribution in [2.45, 2.75) is 42.2 Å². The Morgan fingerprint density at radius 2 is 1.76 bits per heavy atom. The lowest BCUT2D eigenvalue weighted by molar-refractivity contribution is -0.149. The third-order valence-corrected chi connectivity index (χ3v) is 7.74. The highest BCUT2D eigenvalue weighted by molar-refractivity contribution is 8.02. The van der Waals surface area contributed by atoms with Crippen molar-refractivity contribution >= 4 is 29.3 Å². The van der Waals surface area contributed by atoms with Crippen molar-refractivity contribution in [3.63, 3.8) is 0 Å². The average molecular weight is 469 g/mol. The van der Waals surface area contributed by atoms with E-state index in [0.29, 0.717) is 6.54 Å². The number of esters is 1. The number of hydrogen-bond donors (Lipinski definition) is 0. The number of fused-ring (bicyclic) bond motifs is 1. The second-order valence-electron chi connectivity index (χ2n) is 8.50. The summed E-state index contributed by atoms with van der Waals surface area (Å²) in [4.78, 5) is 32.6. The molecular weight excluding hydrogens is 436 g/mol. The minimum Gasteiger partial charge on any atom is -0.497 e. The van der Waals surface area contributed by atoms with Gasteiger partial charge >= 0.3 is 5.97 Å². The molecule has 1 unspecified atom stereocenters. The lowest BCUT2D eigenvalue weighted by Crippen LogP contribution is -2.57. The molecule has 0 aliphatic carbocycles. The van der Waals surface area contributed by atoms with E-state index in [1.807, 2.05) is 48.5 Å². The van der Waals surface area contributed by atoms with Crippen LogP contribution in [0.4, 0.5) is 5.69 Å². The fourth-order valence-corrected chi connectivity index (χ4v) is 5.95. The summed E-state index contributed by atoms with van der Waals surface area (Å²) in [5.41, 5.74) is 1.76. The fraction of sp³-hybridized carbons (Fsp3) is 0.462.